The Kier molecular flexibility index (Phi) is 5.36. The van der Waals surface area contributed by atoms with Crippen molar-refractivity contribution in [3.05, 3.63) is 29.8 Å². The van der Waals surface area contributed by atoms with E-state index in [4.69, 9.17) is 0 Å². The first-order chi connectivity index (χ1) is 13.2. The highest BCUT2D eigenvalue weighted by Gasteiger charge is 2.31. The van der Waals surface area contributed by atoms with Crippen LogP contribution in [0, 0.1) is 18.8 Å². The SMILES string of the molecule is Cc1cc(Nc2ccnc(CC3CCN(C(=O)C4CCCCC4)C3)n2)n[nH]1. The molecule has 2 fully saturated rings. The van der Waals surface area contributed by atoms with E-state index in [2.05, 4.69) is 30.4 Å². The predicted octanol–water partition coefficient (Wildman–Crippen LogP) is 3.22. The van der Waals surface area contributed by atoms with Gasteiger partial charge in [0.2, 0.25) is 5.91 Å². The summed E-state index contributed by atoms with van der Waals surface area (Å²) in [5.74, 6) is 3.41. The number of aromatic amines is 1. The summed E-state index contributed by atoms with van der Waals surface area (Å²) in [4.78, 5) is 23.9. The van der Waals surface area contributed by atoms with Crippen LogP contribution in [0.3, 0.4) is 0 Å². The summed E-state index contributed by atoms with van der Waals surface area (Å²) >= 11 is 0. The van der Waals surface area contributed by atoms with E-state index in [-0.39, 0.29) is 5.92 Å². The van der Waals surface area contributed by atoms with E-state index in [1.807, 2.05) is 19.1 Å². The highest BCUT2D eigenvalue weighted by Crippen LogP contribution is 2.28. The predicted molar refractivity (Wildman–Crippen MR) is 104 cm³/mol. The molecule has 0 radical (unpaired) electrons. The summed E-state index contributed by atoms with van der Waals surface area (Å²) in [6, 6.07) is 3.79. The Morgan fingerprint density at radius 1 is 1.26 bits per heavy atom. The van der Waals surface area contributed by atoms with Gasteiger partial charge in [0.1, 0.15) is 11.6 Å². The summed E-state index contributed by atoms with van der Waals surface area (Å²) in [6.45, 7) is 3.68. The second-order valence-corrected chi connectivity index (χ2v) is 7.90. The van der Waals surface area contributed by atoms with Crippen molar-refractivity contribution in [2.45, 2.75) is 51.9 Å². The lowest BCUT2D eigenvalue weighted by atomic mass is 9.88. The average molecular weight is 368 g/mol. The summed E-state index contributed by atoms with van der Waals surface area (Å²) in [5.41, 5.74) is 1.00. The minimum atomic E-state index is 0.263. The molecule has 0 aromatic carbocycles. The van der Waals surface area contributed by atoms with Crippen LogP contribution in [0.1, 0.15) is 50.0 Å². The lowest BCUT2D eigenvalue weighted by molar-refractivity contribution is -0.135. The molecule has 1 saturated carbocycles. The van der Waals surface area contributed by atoms with Crippen LogP contribution in [0.5, 0.6) is 0 Å². The molecule has 7 nitrogen and oxygen atoms in total. The molecular formula is C20H28N6O. The monoisotopic (exact) mass is 368 g/mol. The molecule has 0 bridgehead atoms. The van der Waals surface area contributed by atoms with Crippen molar-refractivity contribution in [1.29, 1.82) is 0 Å². The average Bonchev–Trinajstić information content (AvgIpc) is 3.31. The van der Waals surface area contributed by atoms with Crippen LogP contribution in [0.4, 0.5) is 11.6 Å². The Morgan fingerprint density at radius 2 is 2.11 bits per heavy atom. The lowest BCUT2D eigenvalue weighted by Crippen LogP contribution is -2.35. The molecule has 2 aromatic rings. The number of nitrogens with one attached hydrogen (secondary N) is 2. The number of carbonyl (C=O) groups is 1. The van der Waals surface area contributed by atoms with Gasteiger partial charge in [0.25, 0.3) is 0 Å². The van der Waals surface area contributed by atoms with Gasteiger partial charge in [0.05, 0.1) is 0 Å². The fourth-order valence-electron chi connectivity index (χ4n) is 4.25. The van der Waals surface area contributed by atoms with Gasteiger partial charge in [-0.1, -0.05) is 19.3 Å². The molecule has 0 spiro atoms. The third-order valence-corrected chi connectivity index (χ3v) is 5.69. The largest absolute Gasteiger partial charge is 0.342 e. The van der Waals surface area contributed by atoms with Crippen LogP contribution >= 0.6 is 0 Å². The van der Waals surface area contributed by atoms with Gasteiger partial charge in [-0.15, -0.1) is 0 Å². The highest BCUT2D eigenvalue weighted by molar-refractivity contribution is 5.79. The molecule has 144 valence electrons. The minimum absolute atomic E-state index is 0.263. The zero-order chi connectivity index (χ0) is 18.6. The second-order valence-electron chi connectivity index (χ2n) is 7.90. The molecule has 1 unspecified atom stereocenters. The standard InChI is InChI=1S/C20H28N6O/c1-14-11-19(25-24-14)23-17-7-9-21-18(22-17)12-15-8-10-26(13-15)20(27)16-5-3-2-4-6-16/h7,9,11,15-16H,2-6,8,10,12-13H2,1H3,(H2,21,22,23,24,25). The molecule has 2 aromatic heterocycles. The van der Waals surface area contributed by atoms with Gasteiger partial charge < -0.3 is 10.2 Å². The van der Waals surface area contributed by atoms with E-state index in [0.29, 0.717) is 11.8 Å². The van der Waals surface area contributed by atoms with E-state index in [1.165, 1.54) is 19.3 Å². The van der Waals surface area contributed by atoms with Crippen molar-refractivity contribution in [1.82, 2.24) is 25.1 Å². The number of aromatic nitrogens is 4. The van der Waals surface area contributed by atoms with Crippen LogP contribution < -0.4 is 5.32 Å². The van der Waals surface area contributed by atoms with Crippen molar-refractivity contribution in [2.24, 2.45) is 11.8 Å². The summed E-state index contributed by atoms with van der Waals surface area (Å²) in [7, 11) is 0. The van der Waals surface area contributed by atoms with Gasteiger partial charge in [-0.2, -0.15) is 5.10 Å². The molecule has 2 N–H and O–H groups in total. The molecule has 1 amide bonds. The van der Waals surface area contributed by atoms with Crippen molar-refractivity contribution in [3.63, 3.8) is 0 Å². The number of aryl methyl sites for hydroxylation is 1. The molecule has 2 aliphatic rings. The minimum Gasteiger partial charge on any atom is -0.342 e. The molecule has 1 aliphatic heterocycles. The first-order valence-electron chi connectivity index (χ1n) is 10.1. The maximum Gasteiger partial charge on any atom is 0.225 e. The number of amides is 1. The maximum absolute atomic E-state index is 12.7. The molecule has 7 heteroatoms. The number of hydrogen-bond acceptors (Lipinski definition) is 5. The number of hydrogen-bond donors (Lipinski definition) is 2. The third-order valence-electron chi connectivity index (χ3n) is 5.69. The fraction of sp³-hybridized carbons (Fsp3) is 0.600. The Morgan fingerprint density at radius 3 is 2.89 bits per heavy atom. The lowest BCUT2D eigenvalue weighted by Gasteiger charge is -2.26. The third kappa shape index (κ3) is 4.46. The number of likely N-dealkylation sites (tertiary alicyclic amines) is 1. The quantitative estimate of drug-likeness (QED) is 0.846. The Hall–Kier alpha value is -2.44. The normalized spacial score (nSPS) is 20.8. The smallest absolute Gasteiger partial charge is 0.225 e. The van der Waals surface area contributed by atoms with Crippen LogP contribution in [0.2, 0.25) is 0 Å². The number of rotatable bonds is 5. The molecule has 1 atom stereocenters. The van der Waals surface area contributed by atoms with Gasteiger partial charge in [0, 0.05) is 43.4 Å². The van der Waals surface area contributed by atoms with Gasteiger partial charge in [-0.3, -0.25) is 9.89 Å². The van der Waals surface area contributed by atoms with Gasteiger partial charge in [0.15, 0.2) is 5.82 Å². The zero-order valence-electron chi connectivity index (χ0n) is 15.9. The Labute approximate surface area is 160 Å². The Bertz CT molecular complexity index is 782. The topological polar surface area (TPSA) is 86.8 Å². The number of anilines is 2. The number of nitrogens with zero attached hydrogens (tertiary/aromatic N) is 4. The first-order valence-corrected chi connectivity index (χ1v) is 10.1. The summed E-state index contributed by atoms with van der Waals surface area (Å²) < 4.78 is 0. The number of H-pyrrole nitrogens is 1. The summed E-state index contributed by atoms with van der Waals surface area (Å²) in [6.07, 6.45) is 9.47. The fourth-order valence-corrected chi connectivity index (χ4v) is 4.25. The van der Waals surface area contributed by atoms with Crippen molar-refractivity contribution in [2.75, 3.05) is 18.4 Å². The van der Waals surface area contributed by atoms with Gasteiger partial charge in [-0.25, -0.2) is 9.97 Å². The van der Waals surface area contributed by atoms with Crippen molar-refractivity contribution < 1.29 is 4.79 Å². The van der Waals surface area contributed by atoms with E-state index in [0.717, 1.165) is 61.9 Å². The zero-order valence-corrected chi connectivity index (χ0v) is 15.9. The van der Waals surface area contributed by atoms with Crippen LogP contribution in [0.25, 0.3) is 0 Å². The van der Waals surface area contributed by atoms with Crippen LogP contribution in [0.15, 0.2) is 18.3 Å². The van der Waals surface area contributed by atoms with Gasteiger partial charge >= 0.3 is 0 Å². The maximum atomic E-state index is 12.7. The van der Waals surface area contributed by atoms with Crippen LogP contribution in [-0.2, 0) is 11.2 Å². The first kappa shape index (κ1) is 17.9. The highest BCUT2D eigenvalue weighted by atomic mass is 16.2. The van der Waals surface area contributed by atoms with E-state index in [1.54, 1.807) is 6.20 Å². The molecule has 4 rings (SSSR count). The van der Waals surface area contributed by atoms with Crippen LogP contribution in [-0.4, -0.2) is 44.1 Å². The Balaban J connectivity index is 1.33. The van der Waals surface area contributed by atoms with Gasteiger partial charge in [-0.05, 0) is 38.2 Å². The van der Waals surface area contributed by atoms with E-state index >= 15 is 0 Å². The molecule has 27 heavy (non-hydrogen) atoms. The summed E-state index contributed by atoms with van der Waals surface area (Å²) in [5, 5.41) is 10.3. The van der Waals surface area contributed by atoms with Crippen molar-refractivity contribution in [3.8, 4) is 0 Å². The molecule has 3 heterocycles. The molecule has 1 aliphatic carbocycles. The number of carbonyl (C=O) groups excluding carboxylic acids is 1. The molecule has 1 saturated heterocycles. The second kappa shape index (κ2) is 8.06. The van der Waals surface area contributed by atoms with E-state index < -0.39 is 0 Å². The van der Waals surface area contributed by atoms with E-state index in [9.17, 15) is 4.79 Å². The van der Waals surface area contributed by atoms with Crippen molar-refractivity contribution >= 4 is 17.5 Å². The molecular weight excluding hydrogens is 340 g/mol.